The molecule has 90 valence electrons. The summed E-state index contributed by atoms with van der Waals surface area (Å²) < 4.78 is 10.5. The molecule has 0 saturated heterocycles. The van der Waals surface area contributed by atoms with Gasteiger partial charge in [0.1, 0.15) is 6.61 Å². The van der Waals surface area contributed by atoms with E-state index >= 15 is 0 Å². The molecular formula is C10H15ClN2O3. The second-order valence-corrected chi connectivity index (χ2v) is 4.05. The van der Waals surface area contributed by atoms with E-state index in [9.17, 15) is 4.79 Å². The highest BCUT2D eigenvalue weighted by atomic mass is 35.5. The summed E-state index contributed by atoms with van der Waals surface area (Å²) in [5.74, 6) is 0.625. The molecule has 0 radical (unpaired) electrons. The highest BCUT2D eigenvalue weighted by Crippen LogP contribution is 2.14. The fourth-order valence-electron chi connectivity index (χ4n) is 0.984. The molecule has 1 rings (SSSR count). The van der Waals surface area contributed by atoms with Crippen molar-refractivity contribution in [2.24, 2.45) is 5.92 Å². The van der Waals surface area contributed by atoms with Gasteiger partial charge in [0.15, 0.2) is 5.02 Å². The largest absolute Gasteiger partial charge is 0.474 e. The van der Waals surface area contributed by atoms with Crippen molar-refractivity contribution in [3.05, 3.63) is 21.7 Å². The molecule has 0 amide bonds. The van der Waals surface area contributed by atoms with E-state index in [2.05, 4.69) is 23.8 Å². The second-order valence-electron chi connectivity index (χ2n) is 3.67. The van der Waals surface area contributed by atoms with Gasteiger partial charge in [-0.15, -0.1) is 0 Å². The quantitative estimate of drug-likeness (QED) is 0.772. The number of aromatic nitrogens is 2. The third-order valence-corrected chi connectivity index (χ3v) is 2.02. The molecule has 0 saturated carbocycles. The molecule has 0 unspecified atom stereocenters. The minimum atomic E-state index is -0.408. The van der Waals surface area contributed by atoms with E-state index in [1.165, 1.54) is 6.33 Å². The molecule has 1 aromatic heterocycles. The molecule has 0 aliphatic rings. The number of nitrogens with zero attached hydrogens (tertiary/aromatic N) is 1. The lowest BCUT2D eigenvalue weighted by Gasteiger charge is -2.08. The van der Waals surface area contributed by atoms with Crippen molar-refractivity contribution in [3.63, 3.8) is 0 Å². The first-order valence-electron chi connectivity index (χ1n) is 5.05. The van der Waals surface area contributed by atoms with E-state index in [1.807, 2.05) is 0 Å². The first-order chi connectivity index (χ1) is 7.61. The van der Waals surface area contributed by atoms with E-state index in [1.54, 1.807) is 0 Å². The molecule has 0 aromatic carbocycles. The van der Waals surface area contributed by atoms with Gasteiger partial charge in [0.05, 0.1) is 12.9 Å². The van der Waals surface area contributed by atoms with Crippen LogP contribution in [0.2, 0.25) is 5.02 Å². The third-order valence-electron chi connectivity index (χ3n) is 1.68. The number of nitrogens with one attached hydrogen (secondary N) is 1. The second kappa shape index (κ2) is 6.50. The van der Waals surface area contributed by atoms with E-state index in [0.29, 0.717) is 25.7 Å². The summed E-state index contributed by atoms with van der Waals surface area (Å²) in [6, 6.07) is 0. The summed E-state index contributed by atoms with van der Waals surface area (Å²) >= 11 is 5.68. The number of rotatable bonds is 6. The van der Waals surface area contributed by atoms with Crippen LogP contribution in [0.15, 0.2) is 11.1 Å². The zero-order chi connectivity index (χ0) is 12.0. The van der Waals surface area contributed by atoms with E-state index in [4.69, 9.17) is 21.1 Å². The smallest absolute Gasteiger partial charge is 0.273 e. The maximum absolute atomic E-state index is 11.1. The van der Waals surface area contributed by atoms with Crippen LogP contribution in [-0.4, -0.2) is 29.8 Å². The van der Waals surface area contributed by atoms with E-state index in [-0.39, 0.29) is 10.9 Å². The fraction of sp³-hybridized carbons (Fsp3) is 0.600. The Bertz CT molecular complexity index is 379. The zero-order valence-corrected chi connectivity index (χ0v) is 10.1. The Kier molecular flexibility index (Phi) is 5.28. The zero-order valence-electron chi connectivity index (χ0n) is 9.33. The van der Waals surface area contributed by atoms with Crippen LogP contribution in [0.5, 0.6) is 5.88 Å². The van der Waals surface area contributed by atoms with Crippen molar-refractivity contribution in [1.29, 1.82) is 0 Å². The number of hydrogen-bond acceptors (Lipinski definition) is 4. The van der Waals surface area contributed by atoms with Crippen LogP contribution in [0.3, 0.4) is 0 Å². The van der Waals surface area contributed by atoms with Gasteiger partial charge >= 0.3 is 0 Å². The maximum Gasteiger partial charge on any atom is 0.273 e. The Morgan fingerprint density at radius 1 is 1.50 bits per heavy atom. The van der Waals surface area contributed by atoms with Gasteiger partial charge in [0, 0.05) is 6.61 Å². The molecule has 0 fully saturated rings. The third kappa shape index (κ3) is 4.20. The SMILES string of the molecule is CC(C)COCCOc1nc[nH]c(=O)c1Cl. The number of ether oxygens (including phenoxy) is 2. The average molecular weight is 247 g/mol. The maximum atomic E-state index is 11.1. The van der Waals surface area contributed by atoms with Gasteiger partial charge in [0.25, 0.3) is 5.56 Å². The fourth-order valence-corrected chi connectivity index (χ4v) is 1.14. The van der Waals surface area contributed by atoms with Crippen molar-refractivity contribution in [2.45, 2.75) is 13.8 Å². The van der Waals surface area contributed by atoms with Crippen molar-refractivity contribution in [2.75, 3.05) is 19.8 Å². The standard InChI is InChI=1S/C10H15ClN2O3/c1-7(2)5-15-3-4-16-10-8(11)9(14)12-6-13-10/h6-7H,3-5H2,1-2H3,(H,12,13,14). The van der Waals surface area contributed by atoms with Crippen molar-refractivity contribution in [1.82, 2.24) is 9.97 Å². The number of halogens is 1. The van der Waals surface area contributed by atoms with Gasteiger partial charge in [-0.25, -0.2) is 4.98 Å². The van der Waals surface area contributed by atoms with Crippen molar-refractivity contribution >= 4 is 11.6 Å². The average Bonchev–Trinajstić information content (AvgIpc) is 2.23. The summed E-state index contributed by atoms with van der Waals surface area (Å²) in [6.07, 6.45) is 1.25. The molecule has 1 N–H and O–H groups in total. The number of H-pyrrole nitrogens is 1. The molecule has 1 heterocycles. The Hall–Kier alpha value is -1.07. The Labute approximate surface area is 98.8 Å². The monoisotopic (exact) mass is 246 g/mol. The summed E-state index contributed by atoms with van der Waals surface area (Å²) in [5.41, 5.74) is -0.408. The lowest BCUT2D eigenvalue weighted by atomic mass is 10.2. The minimum Gasteiger partial charge on any atom is -0.474 e. The van der Waals surface area contributed by atoms with Crippen molar-refractivity contribution in [3.8, 4) is 5.88 Å². The lowest BCUT2D eigenvalue weighted by molar-refractivity contribution is 0.0806. The molecule has 0 spiro atoms. The lowest BCUT2D eigenvalue weighted by Crippen LogP contribution is -2.14. The van der Waals surface area contributed by atoms with Crippen LogP contribution >= 0.6 is 11.6 Å². The van der Waals surface area contributed by atoms with Crippen LogP contribution in [0.1, 0.15) is 13.8 Å². The van der Waals surface area contributed by atoms with Crippen LogP contribution in [0.4, 0.5) is 0 Å². The summed E-state index contributed by atoms with van der Waals surface area (Å²) in [4.78, 5) is 17.2. The van der Waals surface area contributed by atoms with Gasteiger partial charge in [-0.3, -0.25) is 4.79 Å². The Balaban J connectivity index is 2.32. The highest BCUT2D eigenvalue weighted by molar-refractivity contribution is 6.31. The van der Waals surface area contributed by atoms with Crippen LogP contribution in [-0.2, 0) is 4.74 Å². The first-order valence-corrected chi connectivity index (χ1v) is 5.42. The summed E-state index contributed by atoms with van der Waals surface area (Å²) in [7, 11) is 0. The van der Waals surface area contributed by atoms with Crippen LogP contribution in [0.25, 0.3) is 0 Å². The molecular weight excluding hydrogens is 232 g/mol. The predicted octanol–water partition coefficient (Wildman–Crippen LogP) is 1.47. The predicted molar refractivity (Wildman–Crippen MR) is 61.0 cm³/mol. The summed E-state index contributed by atoms with van der Waals surface area (Å²) in [5, 5.41) is -0.0358. The normalized spacial score (nSPS) is 10.8. The Morgan fingerprint density at radius 2 is 2.25 bits per heavy atom. The van der Waals surface area contributed by atoms with Crippen LogP contribution < -0.4 is 10.3 Å². The molecule has 0 atom stereocenters. The number of aromatic amines is 1. The van der Waals surface area contributed by atoms with Gasteiger partial charge < -0.3 is 14.5 Å². The molecule has 0 aliphatic heterocycles. The minimum absolute atomic E-state index is 0.0358. The van der Waals surface area contributed by atoms with Gasteiger partial charge in [0.2, 0.25) is 5.88 Å². The molecule has 1 aromatic rings. The van der Waals surface area contributed by atoms with Crippen LogP contribution in [0, 0.1) is 5.92 Å². The molecule has 0 aliphatic carbocycles. The van der Waals surface area contributed by atoms with E-state index in [0.717, 1.165) is 0 Å². The molecule has 6 heteroatoms. The highest BCUT2D eigenvalue weighted by Gasteiger charge is 2.06. The topological polar surface area (TPSA) is 64.2 Å². The van der Waals surface area contributed by atoms with Gasteiger partial charge in [-0.1, -0.05) is 25.4 Å². The molecule has 16 heavy (non-hydrogen) atoms. The van der Waals surface area contributed by atoms with E-state index < -0.39 is 5.56 Å². The Morgan fingerprint density at radius 3 is 2.94 bits per heavy atom. The first kappa shape index (κ1) is 13.0. The summed E-state index contributed by atoms with van der Waals surface area (Å²) in [6.45, 7) is 5.58. The number of hydrogen-bond donors (Lipinski definition) is 1. The van der Waals surface area contributed by atoms with Crippen molar-refractivity contribution < 1.29 is 9.47 Å². The molecule has 0 bridgehead atoms. The van der Waals surface area contributed by atoms with Gasteiger partial charge in [-0.05, 0) is 5.92 Å². The molecule has 5 nitrogen and oxygen atoms in total. The van der Waals surface area contributed by atoms with Gasteiger partial charge in [-0.2, -0.15) is 0 Å².